The number of hydrogen-bond donors (Lipinski definition) is 0. The molecule has 0 aliphatic heterocycles. The average Bonchev–Trinajstić information content (AvgIpc) is 2.65. The van der Waals surface area contributed by atoms with Crippen molar-refractivity contribution < 1.29 is 23.2 Å². The van der Waals surface area contributed by atoms with Crippen LogP contribution < -0.4 is 4.90 Å². The minimum absolute atomic E-state index is 0.0762. The molecule has 0 bridgehead atoms. The lowest BCUT2D eigenvalue weighted by Gasteiger charge is -2.27. The van der Waals surface area contributed by atoms with Crippen LogP contribution in [-0.2, 0) is 16.0 Å². The molecule has 0 radical (unpaired) electrons. The molecule has 8 nitrogen and oxygen atoms in total. The van der Waals surface area contributed by atoms with Gasteiger partial charge >= 0.3 is 17.6 Å². The second-order valence-corrected chi connectivity index (χ2v) is 6.03. The summed E-state index contributed by atoms with van der Waals surface area (Å²) in [4.78, 5) is 30.3. The number of anilines is 1. The first-order valence-corrected chi connectivity index (χ1v) is 8.63. The zero-order valence-electron chi connectivity index (χ0n) is 14.8. The fraction of sp³-hybridized carbons (Fsp3) is 0.353. The molecule has 150 valence electrons. The summed E-state index contributed by atoms with van der Waals surface area (Å²) >= 11 is 5.72. The number of halogens is 3. The molecule has 0 spiro atoms. The second kappa shape index (κ2) is 9.36. The van der Waals surface area contributed by atoms with E-state index in [1.54, 1.807) is 30.3 Å². The number of carbonyl (C=O) groups excluding carboxylic acids is 1. The van der Waals surface area contributed by atoms with Gasteiger partial charge in [0.25, 0.3) is 0 Å². The van der Waals surface area contributed by atoms with E-state index < -0.39 is 34.9 Å². The van der Waals surface area contributed by atoms with E-state index in [9.17, 15) is 23.7 Å². The molecule has 2 aromatic rings. The van der Waals surface area contributed by atoms with E-state index in [0.29, 0.717) is 0 Å². The summed E-state index contributed by atoms with van der Waals surface area (Å²) in [5, 5.41) is 10.9. The van der Waals surface area contributed by atoms with Crippen LogP contribution in [0.5, 0.6) is 0 Å². The van der Waals surface area contributed by atoms with Crippen molar-refractivity contribution in [2.24, 2.45) is 0 Å². The Kier molecular flexibility index (Phi) is 7.16. The van der Waals surface area contributed by atoms with Gasteiger partial charge in [0.15, 0.2) is 0 Å². The predicted molar refractivity (Wildman–Crippen MR) is 97.6 cm³/mol. The number of nitrogens with zero attached hydrogens (tertiary/aromatic N) is 4. The smallest absolute Gasteiger partial charge is 0.378 e. The van der Waals surface area contributed by atoms with Crippen molar-refractivity contribution in [1.82, 2.24) is 9.97 Å². The van der Waals surface area contributed by atoms with Gasteiger partial charge in [0.05, 0.1) is 18.1 Å². The van der Waals surface area contributed by atoms with Gasteiger partial charge in [-0.15, -0.1) is 0 Å². The third kappa shape index (κ3) is 5.56. The first-order valence-electron chi connectivity index (χ1n) is 8.25. The fourth-order valence-electron chi connectivity index (χ4n) is 2.42. The first-order chi connectivity index (χ1) is 13.2. The Morgan fingerprint density at radius 1 is 1.36 bits per heavy atom. The average molecular weight is 415 g/mol. The molecule has 28 heavy (non-hydrogen) atoms. The van der Waals surface area contributed by atoms with Crippen LogP contribution in [0.25, 0.3) is 0 Å². The van der Waals surface area contributed by atoms with Gasteiger partial charge in [0.2, 0.25) is 11.1 Å². The van der Waals surface area contributed by atoms with Gasteiger partial charge in [-0.1, -0.05) is 30.3 Å². The molecule has 0 aliphatic carbocycles. The van der Waals surface area contributed by atoms with Crippen LogP contribution >= 0.6 is 11.6 Å². The molecule has 0 fully saturated rings. The Balaban J connectivity index is 2.37. The lowest BCUT2D eigenvalue weighted by Crippen LogP contribution is -2.45. The van der Waals surface area contributed by atoms with Gasteiger partial charge in [0, 0.05) is 6.54 Å². The molecule has 0 amide bonds. The van der Waals surface area contributed by atoms with Crippen LogP contribution in [0, 0.1) is 10.1 Å². The summed E-state index contributed by atoms with van der Waals surface area (Å²) in [5.74, 6) is -6.02. The highest BCUT2D eigenvalue weighted by atomic mass is 35.5. The molecule has 0 N–H and O–H groups in total. The maximum absolute atomic E-state index is 14.3. The number of alkyl halides is 2. The number of carbonyl (C=O) groups is 1. The van der Waals surface area contributed by atoms with Crippen molar-refractivity contribution in [2.45, 2.75) is 19.3 Å². The van der Waals surface area contributed by atoms with E-state index in [-0.39, 0.29) is 24.9 Å². The van der Waals surface area contributed by atoms with E-state index in [0.717, 1.165) is 16.7 Å². The van der Waals surface area contributed by atoms with Crippen molar-refractivity contribution in [1.29, 1.82) is 0 Å². The van der Waals surface area contributed by atoms with Gasteiger partial charge in [0.1, 0.15) is 6.20 Å². The number of aromatic nitrogens is 2. The molecule has 1 aromatic carbocycles. The molecule has 0 atom stereocenters. The molecule has 0 saturated carbocycles. The summed E-state index contributed by atoms with van der Waals surface area (Å²) in [7, 11) is 0. The lowest BCUT2D eigenvalue weighted by molar-refractivity contribution is -0.384. The van der Waals surface area contributed by atoms with E-state index in [2.05, 4.69) is 14.7 Å². The number of nitro groups is 1. The van der Waals surface area contributed by atoms with E-state index in [1.165, 1.54) is 6.92 Å². The summed E-state index contributed by atoms with van der Waals surface area (Å²) in [6, 6.07) is 8.91. The Morgan fingerprint density at radius 2 is 2.04 bits per heavy atom. The van der Waals surface area contributed by atoms with E-state index in [4.69, 9.17) is 11.6 Å². The van der Waals surface area contributed by atoms with Crippen molar-refractivity contribution >= 4 is 29.1 Å². The second-order valence-electron chi connectivity index (χ2n) is 5.69. The van der Waals surface area contributed by atoms with Crippen molar-refractivity contribution in [3.05, 3.63) is 57.5 Å². The standard InChI is InChI=1S/C17H17ClF2N4O4/c1-2-28-15(25)17(19,20)11-23(9-8-12-6-4-3-5-7-12)14-13(24(26)27)10-21-16(18)22-14/h3-7,10H,2,8-9,11H2,1H3. The highest BCUT2D eigenvalue weighted by Crippen LogP contribution is 2.29. The van der Waals surface area contributed by atoms with Crippen LogP contribution in [-0.4, -0.2) is 46.5 Å². The lowest BCUT2D eigenvalue weighted by atomic mass is 10.1. The maximum Gasteiger partial charge on any atom is 0.378 e. The van der Waals surface area contributed by atoms with Crippen molar-refractivity contribution in [3.8, 4) is 0 Å². The van der Waals surface area contributed by atoms with Gasteiger partial charge in [-0.3, -0.25) is 10.1 Å². The number of esters is 1. The number of hydrogen-bond acceptors (Lipinski definition) is 7. The Hall–Kier alpha value is -2.88. The molecule has 0 aliphatic rings. The van der Waals surface area contributed by atoms with E-state index >= 15 is 0 Å². The monoisotopic (exact) mass is 414 g/mol. The van der Waals surface area contributed by atoms with Crippen LogP contribution in [0.3, 0.4) is 0 Å². The third-order valence-electron chi connectivity index (χ3n) is 3.69. The SMILES string of the molecule is CCOC(=O)C(F)(F)CN(CCc1ccccc1)c1nc(Cl)ncc1[N+](=O)[O-]. The Bertz CT molecular complexity index is 839. The molecule has 1 heterocycles. The predicted octanol–water partition coefficient (Wildman–Crippen LogP) is 3.29. The summed E-state index contributed by atoms with van der Waals surface area (Å²) < 4.78 is 33.1. The molecule has 2 rings (SSSR count). The minimum Gasteiger partial charge on any atom is -0.462 e. The third-order valence-corrected chi connectivity index (χ3v) is 3.88. The highest BCUT2D eigenvalue weighted by Gasteiger charge is 2.43. The Morgan fingerprint density at radius 3 is 2.64 bits per heavy atom. The zero-order chi connectivity index (χ0) is 20.7. The summed E-state index contributed by atoms with van der Waals surface area (Å²) in [6.45, 7) is -0.0614. The number of rotatable bonds is 9. The first kappa shape index (κ1) is 21.4. The van der Waals surface area contributed by atoms with Gasteiger partial charge in [-0.2, -0.15) is 13.8 Å². The van der Waals surface area contributed by atoms with Crippen LogP contribution in [0.4, 0.5) is 20.3 Å². The molecule has 0 unspecified atom stereocenters. The molecule has 11 heteroatoms. The van der Waals surface area contributed by atoms with Crippen LogP contribution in [0.15, 0.2) is 36.5 Å². The van der Waals surface area contributed by atoms with E-state index in [1.807, 2.05) is 0 Å². The zero-order valence-corrected chi connectivity index (χ0v) is 15.6. The molecule has 1 aromatic heterocycles. The summed E-state index contributed by atoms with van der Waals surface area (Å²) in [6.07, 6.45) is 1.11. The topological polar surface area (TPSA) is 98.5 Å². The largest absolute Gasteiger partial charge is 0.462 e. The highest BCUT2D eigenvalue weighted by molar-refractivity contribution is 6.28. The van der Waals surface area contributed by atoms with Crippen molar-refractivity contribution in [3.63, 3.8) is 0 Å². The van der Waals surface area contributed by atoms with Crippen LogP contribution in [0.2, 0.25) is 5.28 Å². The molecular weight excluding hydrogens is 398 g/mol. The van der Waals surface area contributed by atoms with Crippen LogP contribution in [0.1, 0.15) is 12.5 Å². The van der Waals surface area contributed by atoms with Gasteiger partial charge in [-0.05, 0) is 30.5 Å². The van der Waals surface area contributed by atoms with Crippen molar-refractivity contribution in [2.75, 3.05) is 24.6 Å². The maximum atomic E-state index is 14.3. The number of benzene rings is 1. The molecule has 0 saturated heterocycles. The Labute approximate surface area is 164 Å². The minimum atomic E-state index is -3.90. The summed E-state index contributed by atoms with van der Waals surface area (Å²) in [5.41, 5.74) is 0.215. The van der Waals surface area contributed by atoms with Gasteiger partial charge < -0.3 is 9.64 Å². The fourth-order valence-corrected chi connectivity index (χ4v) is 2.55. The van der Waals surface area contributed by atoms with Gasteiger partial charge in [-0.25, -0.2) is 9.78 Å². The quantitative estimate of drug-likeness (QED) is 0.269. The normalized spacial score (nSPS) is 11.1. The molecular formula is C17H17ClF2N4O4. The number of ether oxygens (including phenoxy) is 1.